The summed E-state index contributed by atoms with van der Waals surface area (Å²) in [5.74, 6) is 2.76. The van der Waals surface area contributed by atoms with Gasteiger partial charge in [-0.2, -0.15) is 0 Å². The highest BCUT2D eigenvalue weighted by molar-refractivity contribution is 9.10. The lowest BCUT2D eigenvalue weighted by Crippen LogP contribution is -2.25. The van der Waals surface area contributed by atoms with Crippen molar-refractivity contribution in [2.75, 3.05) is 13.2 Å². The molecule has 3 atom stereocenters. The van der Waals surface area contributed by atoms with Crippen molar-refractivity contribution in [3.63, 3.8) is 0 Å². The normalized spacial score (nSPS) is 25.8. The van der Waals surface area contributed by atoms with E-state index in [0.29, 0.717) is 6.04 Å². The topological polar surface area (TPSA) is 21.3 Å². The first-order valence-corrected chi connectivity index (χ1v) is 8.18. The molecule has 1 heterocycles. The summed E-state index contributed by atoms with van der Waals surface area (Å²) in [6, 6.07) is 4.92. The zero-order valence-electron chi connectivity index (χ0n) is 11.7. The number of benzene rings is 1. The lowest BCUT2D eigenvalue weighted by molar-refractivity contribution is 0.343. The van der Waals surface area contributed by atoms with Crippen LogP contribution in [0.15, 0.2) is 16.6 Å². The zero-order chi connectivity index (χ0) is 13.4. The molecule has 1 aliphatic heterocycles. The lowest BCUT2D eigenvalue weighted by atomic mass is 9.97. The molecule has 3 rings (SSSR count). The Balaban J connectivity index is 1.93. The number of hydrogen-bond donors (Lipinski definition) is 1. The van der Waals surface area contributed by atoms with E-state index in [2.05, 4.69) is 47.2 Å². The minimum Gasteiger partial charge on any atom is -0.493 e. The van der Waals surface area contributed by atoms with Crippen molar-refractivity contribution < 1.29 is 4.74 Å². The van der Waals surface area contributed by atoms with E-state index in [-0.39, 0.29) is 0 Å². The van der Waals surface area contributed by atoms with Gasteiger partial charge in [0.05, 0.1) is 6.61 Å². The Bertz CT molecular complexity index is 474. The van der Waals surface area contributed by atoms with Crippen LogP contribution in [0.4, 0.5) is 0 Å². The standard InChI is InChI=1S/C16H22BrNO/c1-3-5-18-15(13-7-10(13)2)14-9-12(17)8-11-4-6-19-16(11)14/h8-10,13,15,18H,3-7H2,1-2H3. The van der Waals surface area contributed by atoms with Crippen molar-refractivity contribution in [2.24, 2.45) is 11.8 Å². The van der Waals surface area contributed by atoms with Gasteiger partial charge in [-0.1, -0.05) is 29.8 Å². The number of fused-ring (bicyclic) bond motifs is 1. The summed E-state index contributed by atoms with van der Waals surface area (Å²) in [6.45, 7) is 6.49. The summed E-state index contributed by atoms with van der Waals surface area (Å²) in [7, 11) is 0. The molecule has 3 unspecified atom stereocenters. The van der Waals surface area contributed by atoms with E-state index >= 15 is 0 Å². The Morgan fingerprint density at radius 1 is 1.47 bits per heavy atom. The molecule has 2 nitrogen and oxygen atoms in total. The van der Waals surface area contributed by atoms with Crippen molar-refractivity contribution in [2.45, 2.75) is 39.2 Å². The molecule has 0 saturated heterocycles. The average molecular weight is 324 g/mol. The summed E-state index contributed by atoms with van der Waals surface area (Å²) >= 11 is 3.65. The van der Waals surface area contributed by atoms with Crippen LogP contribution < -0.4 is 10.1 Å². The SMILES string of the molecule is CCCNC(c1cc(Br)cc2c1OCC2)C1CC1C. The van der Waals surface area contributed by atoms with Gasteiger partial charge in [0.25, 0.3) is 0 Å². The third-order valence-corrected chi connectivity index (χ3v) is 4.78. The maximum absolute atomic E-state index is 5.90. The molecule has 0 aromatic heterocycles. The summed E-state index contributed by atoms with van der Waals surface area (Å²) in [4.78, 5) is 0. The Morgan fingerprint density at radius 2 is 2.26 bits per heavy atom. The molecular weight excluding hydrogens is 302 g/mol. The first-order chi connectivity index (χ1) is 9.20. The molecule has 0 radical (unpaired) electrons. The summed E-state index contributed by atoms with van der Waals surface area (Å²) < 4.78 is 7.08. The van der Waals surface area contributed by atoms with Crippen LogP contribution in [-0.2, 0) is 6.42 Å². The van der Waals surface area contributed by atoms with Crippen molar-refractivity contribution in [1.29, 1.82) is 0 Å². The highest BCUT2D eigenvalue weighted by Crippen LogP contribution is 2.50. The van der Waals surface area contributed by atoms with E-state index in [1.165, 1.54) is 28.4 Å². The van der Waals surface area contributed by atoms with Gasteiger partial charge in [-0.3, -0.25) is 0 Å². The van der Waals surface area contributed by atoms with Crippen LogP contribution in [0.5, 0.6) is 5.75 Å². The van der Waals surface area contributed by atoms with Crippen molar-refractivity contribution in [1.82, 2.24) is 5.32 Å². The largest absolute Gasteiger partial charge is 0.493 e. The van der Waals surface area contributed by atoms with E-state index in [0.717, 1.165) is 37.2 Å². The molecule has 1 aromatic rings. The van der Waals surface area contributed by atoms with Gasteiger partial charge in [-0.25, -0.2) is 0 Å². The third kappa shape index (κ3) is 2.68. The van der Waals surface area contributed by atoms with E-state index in [1.807, 2.05) is 0 Å². The molecule has 3 heteroatoms. The van der Waals surface area contributed by atoms with Crippen LogP contribution in [0.25, 0.3) is 0 Å². The highest BCUT2D eigenvalue weighted by atomic mass is 79.9. The first kappa shape index (κ1) is 13.4. The zero-order valence-corrected chi connectivity index (χ0v) is 13.3. The minimum absolute atomic E-state index is 0.458. The molecule has 1 N–H and O–H groups in total. The predicted octanol–water partition coefficient (Wildman–Crippen LogP) is 4.08. The smallest absolute Gasteiger partial charge is 0.127 e. The molecule has 104 valence electrons. The highest BCUT2D eigenvalue weighted by Gasteiger charge is 2.41. The van der Waals surface area contributed by atoms with Crippen molar-refractivity contribution in [3.05, 3.63) is 27.7 Å². The van der Waals surface area contributed by atoms with Gasteiger partial charge in [0.1, 0.15) is 5.75 Å². The fraction of sp³-hybridized carbons (Fsp3) is 0.625. The average Bonchev–Trinajstić information content (AvgIpc) is 2.90. The monoisotopic (exact) mass is 323 g/mol. The first-order valence-electron chi connectivity index (χ1n) is 7.39. The molecule has 0 bridgehead atoms. The van der Waals surface area contributed by atoms with Crippen LogP contribution in [0.1, 0.15) is 43.9 Å². The molecule has 0 amide bonds. The predicted molar refractivity (Wildman–Crippen MR) is 81.6 cm³/mol. The second-order valence-corrected chi connectivity index (χ2v) is 6.81. The summed E-state index contributed by atoms with van der Waals surface area (Å²) in [5, 5.41) is 3.73. The van der Waals surface area contributed by atoms with Crippen LogP contribution in [0.2, 0.25) is 0 Å². The van der Waals surface area contributed by atoms with Gasteiger partial charge in [0.15, 0.2) is 0 Å². The quantitative estimate of drug-likeness (QED) is 0.881. The number of ether oxygens (including phenoxy) is 1. The summed E-state index contributed by atoms with van der Waals surface area (Å²) in [5.41, 5.74) is 2.73. The van der Waals surface area contributed by atoms with E-state index in [1.54, 1.807) is 0 Å². The van der Waals surface area contributed by atoms with Crippen LogP contribution in [0, 0.1) is 11.8 Å². The van der Waals surface area contributed by atoms with Gasteiger partial charge in [-0.15, -0.1) is 0 Å². The molecule has 1 saturated carbocycles. The number of rotatable bonds is 5. The second-order valence-electron chi connectivity index (χ2n) is 5.89. The molecular formula is C16H22BrNO. The van der Waals surface area contributed by atoms with Gasteiger partial charge < -0.3 is 10.1 Å². The van der Waals surface area contributed by atoms with E-state index in [4.69, 9.17) is 4.74 Å². The lowest BCUT2D eigenvalue weighted by Gasteiger charge is -2.22. The molecule has 19 heavy (non-hydrogen) atoms. The molecule has 1 aliphatic carbocycles. The van der Waals surface area contributed by atoms with Crippen LogP contribution >= 0.6 is 15.9 Å². The Labute approximate surface area is 124 Å². The Morgan fingerprint density at radius 3 is 2.95 bits per heavy atom. The number of halogens is 1. The van der Waals surface area contributed by atoms with E-state index in [9.17, 15) is 0 Å². The van der Waals surface area contributed by atoms with Gasteiger partial charge in [0.2, 0.25) is 0 Å². The maximum Gasteiger partial charge on any atom is 0.127 e. The third-order valence-electron chi connectivity index (χ3n) is 4.33. The van der Waals surface area contributed by atoms with Crippen molar-refractivity contribution >= 4 is 15.9 Å². The number of hydrogen-bond acceptors (Lipinski definition) is 2. The summed E-state index contributed by atoms with van der Waals surface area (Å²) in [6.07, 6.45) is 3.56. The molecule has 2 aliphatic rings. The minimum atomic E-state index is 0.458. The Kier molecular flexibility index (Phi) is 3.86. The van der Waals surface area contributed by atoms with Crippen LogP contribution in [0.3, 0.4) is 0 Å². The van der Waals surface area contributed by atoms with E-state index < -0.39 is 0 Å². The molecule has 0 spiro atoms. The van der Waals surface area contributed by atoms with Crippen LogP contribution in [-0.4, -0.2) is 13.2 Å². The van der Waals surface area contributed by atoms with Gasteiger partial charge in [-0.05, 0) is 48.9 Å². The maximum atomic E-state index is 5.90. The van der Waals surface area contributed by atoms with Crippen molar-refractivity contribution in [3.8, 4) is 5.75 Å². The van der Waals surface area contributed by atoms with Gasteiger partial charge >= 0.3 is 0 Å². The Hall–Kier alpha value is -0.540. The number of nitrogens with one attached hydrogen (secondary N) is 1. The molecule has 1 aromatic carbocycles. The second kappa shape index (κ2) is 5.45. The fourth-order valence-corrected chi connectivity index (χ4v) is 3.66. The fourth-order valence-electron chi connectivity index (χ4n) is 3.14. The van der Waals surface area contributed by atoms with Gasteiger partial charge in [0, 0.05) is 22.5 Å². The molecule has 1 fully saturated rings.